The molecule has 0 saturated heterocycles. The lowest BCUT2D eigenvalue weighted by Gasteiger charge is -2.19. The van der Waals surface area contributed by atoms with E-state index in [1.54, 1.807) is 24.3 Å². The van der Waals surface area contributed by atoms with Crippen molar-refractivity contribution in [1.82, 2.24) is 10.0 Å². The Morgan fingerprint density at radius 1 is 1.00 bits per heavy atom. The zero-order valence-corrected chi connectivity index (χ0v) is 18.7. The van der Waals surface area contributed by atoms with Crippen LogP contribution in [0.5, 0.6) is 5.75 Å². The number of rotatable bonds is 7. The quantitative estimate of drug-likeness (QED) is 0.676. The van der Waals surface area contributed by atoms with Crippen molar-refractivity contribution in [3.05, 3.63) is 58.7 Å². The zero-order valence-electron chi connectivity index (χ0n) is 17.9. The van der Waals surface area contributed by atoms with Gasteiger partial charge in [-0.05, 0) is 60.2 Å². The molecule has 29 heavy (non-hydrogen) atoms. The average molecular weight is 419 g/mol. The normalized spacial score (nSPS) is 11.9. The third-order valence-electron chi connectivity index (χ3n) is 4.79. The molecular formula is C22H30N2O4S. The zero-order chi connectivity index (χ0) is 21.8. The van der Waals surface area contributed by atoms with Crippen LogP contribution in [0.4, 0.5) is 0 Å². The summed E-state index contributed by atoms with van der Waals surface area (Å²) in [6.45, 7) is 10.3. The lowest BCUT2D eigenvalue weighted by atomic mass is 9.87. The molecule has 6 nitrogen and oxygen atoms in total. The second-order valence-electron chi connectivity index (χ2n) is 8.07. The molecule has 0 radical (unpaired) electrons. The summed E-state index contributed by atoms with van der Waals surface area (Å²) in [7, 11) is -2.31. The van der Waals surface area contributed by atoms with Gasteiger partial charge in [-0.15, -0.1) is 0 Å². The molecule has 0 unspecified atom stereocenters. The third kappa shape index (κ3) is 5.81. The van der Waals surface area contributed by atoms with Gasteiger partial charge in [-0.2, -0.15) is 0 Å². The maximum Gasteiger partial charge on any atom is 0.251 e. The lowest BCUT2D eigenvalue weighted by Crippen LogP contribution is -2.34. The van der Waals surface area contributed by atoms with Crippen molar-refractivity contribution in [2.75, 3.05) is 20.2 Å². The van der Waals surface area contributed by atoms with Gasteiger partial charge in [-0.1, -0.05) is 32.9 Å². The van der Waals surface area contributed by atoms with E-state index in [0.29, 0.717) is 11.3 Å². The van der Waals surface area contributed by atoms with Crippen molar-refractivity contribution >= 4 is 15.9 Å². The van der Waals surface area contributed by atoms with Crippen LogP contribution in [0.1, 0.15) is 47.8 Å². The molecule has 2 aromatic rings. The Kier molecular flexibility index (Phi) is 7.08. The molecular weight excluding hydrogens is 388 g/mol. The van der Waals surface area contributed by atoms with Crippen molar-refractivity contribution in [3.8, 4) is 5.75 Å². The first-order valence-electron chi connectivity index (χ1n) is 9.49. The maximum atomic E-state index is 12.6. The highest BCUT2D eigenvalue weighted by Crippen LogP contribution is 2.27. The molecule has 0 heterocycles. The Bertz CT molecular complexity index is 975. The summed E-state index contributed by atoms with van der Waals surface area (Å²) in [5.41, 5.74) is 3.51. The van der Waals surface area contributed by atoms with Gasteiger partial charge >= 0.3 is 0 Å². The van der Waals surface area contributed by atoms with Crippen LogP contribution < -0.4 is 14.8 Å². The molecule has 0 bridgehead atoms. The van der Waals surface area contributed by atoms with E-state index in [9.17, 15) is 13.2 Å². The molecule has 0 spiro atoms. The lowest BCUT2D eigenvalue weighted by molar-refractivity contribution is 0.0954. The van der Waals surface area contributed by atoms with E-state index in [-0.39, 0.29) is 29.3 Å². The first kappa shape index (κ1) is 22.9. The van der Waals surface area contributed by atoms with Crippen molar-refractivity contribution in [3.63, 3.8) is 0 Å². The number of hydrogen-bond donors (Lipinski definition) is 2. The summed E-state index contributed by atoms with van der Waals surface area (Å²) in [5.74, 6) is 0.0528. The van der Waals surface area contributed by atoms with E-state index < -0.39 is 10.0 Å². The fraction of sp³-hybridized carbons (Fsp3) is 0.409. The molecule has 0 saturated carbocycles. The fourth-order valence-electron chi connectivity index (χ4n) is 2.80. The Morgan fingerprint density at radius 2 is 1.59 bits per heavy atom. The summed E-state index contributed by atoms with van der Waals surface area (Å²) >= 11 is 0. The van der Waals surface area contributed by atoms with Crippen molar-refractivity contribution < 1.29 is 17.9 Å². The van der Waals surface area contributed by atoms with E-state index in [1.165, 1.54) is 7.11 Å². The Morgan fingerprint density at radius 3 is 2.14 bits per heavy atom. The molecule has 0 aliphatic rings. The van der Waals surface area contributed by atoms with E-state index in [0.717, 1.165) is 16.7 Å². The van der Waals surface area contributed by atoms with E-state index in [2.05, 4.69) is 30.8 Å². The largest absolute Gasteiger partial charge is 0.495 e. The van der Waals surface area contributed by atoms with Crippen LogP contribution in [-0.2, 0) is 15.4 Å². The van der Waals surface area contributed by atoms with Crippen LogP contribution in [-0.4, -0.2) is 34.5 Å². The Hall–Kier alpha value is -2.38. The van der Waals surface area contributed by atoms with Gasteiger partial charge < -0.3 is 10.1 Å². The summed E-state index contributed by atoms with van der Waals surface area (Å²) in [6, 6.07) is 10.7. The number of carbonyl (C=O) groups excluding carboxylic acids is 1. The van der Waals surface area contributed by atoms with Gasteiger partial charge in [-0.3, -0.25) is 4.79 Å². The molecule has 2 aromatic carbocycles. The van der Waals surface area contributed by atoms with Crippen LogP contribution in [0.2, 0.25) is 0 Å². The number of methoxy groups -OCH3 is 1. The number of hydrogen-bond acceptors (Lipinski definition) is 4. The maximum absolute atomic E-state index is 12.6. The van der Waals surface area contributed by atoms with Gasteiger partial charge in [0.15, 0.2) is 0 Å². The van der Waals surface area contributed by atoms with Gasteiger partial charge in [-0.25, -0.2) is 13.1 Å². The molecule has 7 heteroatoms. The number of amides is 1. The molecule has 0 aliphatic heterocycles. The fourth-order valence-corrected chi connectivity index (χ4v) is 4.06. The highest BCUT2D eigenvalue weighted by atomic mass is 32.2. The SMILES string of the molecule is COc1cc(C)c(C)cc1S(=O)(=O)NCCNC(=O)c1ccc(C(C)(C)C)cc1. The molecule has 0 fully saturated rings. The second-order valence-corrected chi connectivity index (χ2v) is 9.80. The summed E-state index contributed by atoms with van der Waals surface area (Å²) in [4.78, 5) is 12.4. The predicted octanol–water partition coefficient (Wildman–Crippen LogP) is 3.32. The van der Waals surface area contributed by atoms with Crippen LogP contribution in [0.15, 0.2) is 41.3 Å². The molecule has 0 aliphatic carbocycles. The minimum atomic E-state index is -3.75. The third-order valence-corrected chi connectivity index (χ3v) is 6.27. The Labute approximate surface area is 173 Å². The molecule has 158 valence electrons. The van der Waals surface area contributed by atoms with E-state index >= 15 is 0 Å². The van der Waals surface area contributed by atoms with Crippen LogP contribution in [0, 0.1) is 13.8 Å². The number of aryl methyl sites for hydroxylation is 2. The standard InChI is InChI=1S/C22H30N2O4S/c1-15-13-19(28-6)20(14-16(15)2)29(26,27)24-12-11-23-21(25)17-7-9-18(10-8-17)22(3,4)5/h7-10,13-14,24H,11-12H2,1-6H3,(H,23,25). The number of benzene rings is 2. The predicted molar refractivity (Wildman–Crippen MR) is 115 cm³/mol. The number of carbonyl (C=O) groups is 1. The van der Waals surface area contributed by atoms with Crippen LogP contribution in [0.3, 0.4) is 0 Å². The second kappa shape index (κ2) is 8.97. The first-order chi connectivity index (χ1) is 13.5. The minimum Gasteiger partial charge on any atom is -0.495 e. The van der Waals surface area contributed by atoms with Crippen molar-refractivity contribution in [1.29, 1.82) is 0 Å². The number of sulfonamides is 1. The average Bonchev–Trinajstić information content (AvgIpc) is 2.66. The molecule has 1 amide bonds. The Balaban J connectivity index is 1.96. The van der Waals surface area contributed by atoms with Gasteiger partial charge in [0, 0.05) is 18.7 Å². The highest BCUT2D eigenvalue weighted by molar-refractivity contribution is 7.89. The molecule has 2 N–H and O–H groups in total. The first-order valence-corrected chi connectivity index (χ1v) is 11.0. The van der Waals surface area contributed by atoms with Gasteiger partial charge in [0.2, 0.25) is 10.0 Å². The van der Waals surface area contributed by atoms with Crippen molar-refractivity contribution in [2.45, 2.75) is 44.9 Å². The van der Waals surface area contributed by atoms with Gasteiger partial charge in [0.25, 0.3) is 5.91 Å². The molecule has 2 rings (SSSR count). The minimum absolute atomic E-state index is 0.0165. The summed E-state index contributed by atoms with van der Waals surface area (Å²) < 4.78 is 33.0. The van der Waals surface area contributed by atoms with E-state index in [1.807, 2.05) is 26.0 Å². The monoisotopic (exact) mass is 418 g/mol. The van der Waals surface area contributed by atoms with Gasteiger partial charge in [0.05, 0.1) is 7.11 Å². The summed E-state index contributed by atoms with van der Waals surface area (Å²) in [6.07, 6.45) is 0. The number of ether oxygens (including phenoxy) is 1. The topological polar surface area (TPSA) is 84.5 Å². The smallest absolute Gasteiger partial charge is 0.251 e. The van der Waals surface area contributed by atoms with E-state index in [4.69, 9.17) is 4.74 Å². The molecule has 0 atom stereocenters. The summed E-state index contributed by atoms with van der Waals surface area (Å²) in [5, 5.41) is 2.73. The molecule has 0 aromatic heterocycles. The highest BCUT2D eigenvalue weighted by Gasteiger charge is 2.20. The van der Waals surface area contributed by atoms with Crippen LogP contribution >= 0.6 is 0 Å². The van der Waals surface area contributed by atoms with Gasteiger partial charge in [0.1, 0.15) is 10.6 Å². The number of nitrogens with one attached hydrogen (secondary N) is 2. The van der Waals surface area contributed by atoms with Crippen molar-refractivity contribution in [2.24, 2.45) is 0 Å². The van der Waals surface area contributed by atoms with Crippen LogP contribution in [0.25, 0.3) is 0 Å².